The Morgan fingerprint density at radius 2 is 1.97 bits per heavy atom. The lowest BCUT2D eigenvalue weighted by molar-refractivity contribution is 0.102. The van der Waals surface area contributed by atoms with Crippen molar-refractivity contribution >= 4 is 34.3 Å². The van der Waals surface area contributed by atoms with Gasteiger partial charge in [0.15, 0.2) is 0 Å². The van der Waals surface area contributed by atoms with E-state index in [1.807, 2.05) is 47.8 Å². The van der Waals surface area contributed by atoms with E-state index in [2.05, 4.69) is 12.2 Å². The summed E-state index contributed by atoms with van der Waals surface area (Å²) in [5.74, 6) is -0.0888. The molecule has 2 aromatic carbocycles. The zero-order chi connectivity index (χ0) is 21.5. The van der Waals surface area contributed by atoms with E-state index in [4.69, 9.17) is 15.9 Å². The van der Waals surface area contributed by atoms with E-state index >= 15 is 0 Å². The van der Waals surface area contributed by atoms with Crippen LogP contribution in [0.2, 0.25) is 0 Å². The second-order valence-electron chi connectivity index (χ2n) is 7.19. The van der Waals surface area contributed by atoms with Crippen LogP contribution in [0, 0.1) is 11.3 Å². The summed E-state index contributed by atoms with van der Waals surface area (Å²) >= 11 is 1.64. The first-order chi connectivity index (χ1) is 14.5. The van der Waals surface area contributed by atoms with Gasteiger partial charge in [0.1, 0.15) is 0 Å². The van der Waals surface area contributed by atoms with Crippen molar-refractivity contribution in [3.05, 3.63) is 71.1 Å². The number of hydrogen-bond donors (Lipinski definition) is 3. The van der Waals surface area contributed by atoms with E-state index in [-0.39, 0.29) is 11.8 Å². The van der Waals surface area contributed by atoms with Crippen LogP contribution in [-0.2, 0) is 11.2 Å². The number of carbonyl (C=O) groups excluding carboxylic acids is 1. The first-order valence-corrected chi connectivity index (χ1v) is 10.8. The number of ether oxygens (including phenoxy) is 1. The maximum absolute atomic E-state index is 12.7. The third kappa shape index (κ3) is 5.34. The average molecular weight is 422 g/mol. The van der Waals surface area contributed by atoms with Crippen molar-refractivity contribution in [2.24, 2.45) is 5.92 Å². The average Bonchev–Trinajstić information content (AvgIpc) is 3.29. The molecular weight excluding hydrogens is 394 g/mol. The maximum Gasteiger partial charge on any atom is 0.255 e. The molecule has 30 heavy (non-hydrogen) atoms. The molecule has 0 radical (unpaired) electrons. The molecule has 0 fully saturated rings. The number of nitrogen functional groups attached to an aromatic ring is 1. The molecule has 1 aromatic heterocycles. The zero-order valence-electron chi connectivity index (χ0n) is 17.3. The van der Waals surface area contributed by atoms with Crippen molar-refractivity contribution in [2.75, 3.05) is 24.8 Å². The first kappa shape index (κ1) is 21.7. The summed E-state index contributed by atoms with van der Waals surface area (Å²) in [7, 11) is 1.66. The van der Waals surface area contributed by atoms with Gasteiger partial charge in [0, 0.05) is 35.6 Å². The molecule has 0 aliphatic heterocycles. The Balaban J connectivity index is 1.68. The third-order valence-corrected chi connectivity index (χ3v) is 5.99. The number of rotatable bonds is 9. The second kappa shape index (κ2) is 10.2. The van der Waals surface area contributed by atoms with Gasteiger partial charge >= 0.3 is 0 Å². The van der Waals surface area contributed by atoms with E-state index in [1.165, 1.54) is 0 Å². The summed E-state index contributed by atoms with van der Waals surface area (Å²) in [4.78, 5) is 13.8. The Labute approximate surface area is 181 Å². The number of thiophene rings is 1. The van der Waals surface area contributed by atoms with Crippen molar-refractivity contribution in [1.29, 1.82) is 5.41 Å². The van der Waals surface area contributed by atoms with Gasteiger partial charge in [-0.2, -0.15) is 0 Å². The summed E-state index contributed by atoms with van der Waals surface area (Å²) in [5, 5.41) is 13.2. The predicted molar refractivity (Wildman–Crippen MR) is 126 cm³/mol. The van der Waals surface area contributed by atoms with E-state index in [0.717, 1.165) is 22.4 Å². The van der Waals surface area contributed by atoms with Gasteiger partial charge in [-0.15, -0.1) is 11.3 Å². The van der Waals surface area contributed by atoms with Gasteiger partial charge in [-0.05, 0) is 53.3 Å². The van der Waals surface area contributed by atoms with Crippen LogP contribution >= 0.6 is 11.3 Å². The van der Waals surface area contributed by atoms with Gasteiger partial charge in [0.2, 0.25) is 0 Å². The Bertz CT molecular complexity index is 998. The summed E-state index contributed by atoms with van der Waals surface area (Å²) in [6.45, 7) is 2.62. The fourth-order valence-corrected chi connectivity index (χ4v) is 3.98. The van der Waals surface area contributed by atoms with E-state index in [9.17, 15) is 4.79 Å². The van der Waals surface area contributed by atoms with Gasteiger partial charge in [0.05, 0.1) is 18.0 Å². The normalized spacial score (nSPS) is 11.8. The maximum atomic E-state index is 12.7. The largest absolute Gasteiger partial charge is 0.397 e. The number of carbonyl (C=O) groups is 1. The van der Waals surface area contributed by atoms with Gasteiger partial charge in [-0.25, -0.2) is 0 Å². The molecule has 0 saturated heterocycles. The minimum Gasteiger partial charge on any atom is -0.397 e. The molecule has 1 atom stereocenters. The molecule has 6 heteroatoms. The molecule has 0 spiro atoms. The fraction of sp³-hybridized carbons (Fsp3) is 0.250. The zero-order valence-corrected chi connectivity index (χ0v) is 18.1. The number of methoxy groups -OCH3 is 1. The van der Waals surface area contributed by atoms with Crippen molar-refractivity contribution in [1.82, 2.24) is 0 Å². The van der Waals surface area contributed by atoms with E-state index in [1.54, 1.807) is 30.6 Å². The van der Waals surface area contributed by atoms with Crippen molar-refractivity contribution in [3.63, 3.8) is 0 Å². The van der Waals surface area contributed by atoms with Gasteiger partial charge in [0.25, 0.3) is 5.91 Å². The third-order valence-electron chi connectivity index (χ3n) is 5.07. The van der Waals surface area contributed by atoms with Crippen LogP contribution in [0.25, 0.3) is 10.4 Å². The smallest absolute Gasteiger partial charge is 0.255 e. The lowest BCUT2D eigenvalue weighted by Crippen LogP contribution is -2.20. The van der Waals surface area contributed by atoms with Crippen LogP contribution in [0.3, 0.4) is 0 Å². The van der Waals surface area contributed by atoms with Gasteiger partial charge in [-0.1, -0.05) is 31.2 Å². The minimum atomic E-state index is -0.211. The Morgan fingerprint density at radius 1 is 1.20 bits per heavy atom. The standard InChI is InChI=1S/C24H27N3O2S/c1-3-17(15-29-2)21(26)13-16-6-8-18(9-7-16)24(28)27-22-14-19(10-11-20(22)25)23-5-4-12-30-23/h4-12,14,17,26H,3,13,15,25H2,1-2H3,(H,27,28)/t17-/m1/s1. The molecule has 5 nitrogen and oxygen atoms in total. The SMILES string of the molecule is CC[C@H](COC)C(=N)Cc1ccc(C(=O)Nc2cc(-c3cccs3)ccc2N)cc1. The highest BCUT2D eigenvalue weighted by molar-refractivity contribution is 7.13. The van der Waals surface area contributed by atoms with Crippen LogP contribution < -0.4 is 11.1 Å². The summed E-state index contributed by atoms with van der Waals surface area (Å²) in [6, 6.07) is 17.1. The molecule has 0 bridgehead atoms. The van der Waals surface area contributed by atoms with E-state index in [0.29, 0.717) is 35.7 Å². The molecule has 0 aliphatic rings. The van der Waals surface area contributed by atoms with Crippen LogP contribution in [0.5, 0.6) is 0 Å². The highest BCUT2D eigenvalue weighted by Gasteiger charge is 2.14. The minimum absolute atomic E-state index is 0.122. The first-order valence-electron chi connectivity index (χ1n) is 9.91. The molecule has 1 heterocycles. The molecule has 0 aliphatic carbocycles. The van der Waals surface area contributed by atoms with Crippen molar-refractivity contribution in [3.8, 4) is 10.4 Å². The topological polar surface area (TPSA) is 88.2 Å². The molecule has 156 valence electrons. The number of nitrogens with two attached hydrogens (primary N) is 1. The molecule has 0 unspecified atom stereocenters. The second-order valence-corrected chi connectivity index (χ2v) is 8.14. The number of anilines is 2. The van der Waals surface area contributed by atoms with Crippen molar-refractivity contribution < 1.29 is 9.53 Å². The van der Waals surface area contributed by atoms with Crippen LogP contribution in [-0.4, -0.2) is 25.3 Å². The Kier molecular flexibility index (Phi) is 7.38. The van der Waals surface area contributed by atoms with Crippen LogP contribution in [0.1, 0.15) is 29.3 Å². The molecule has 3 rings (SSSR count). The lowest BCUT2D eigenvalue weighted by atomic mass is 9.95. The monoisotopic (exact) mass is 421 g/mol. The molecule has 3 aromatic rings. The summed E-state index contributed by atoms with van der Waals surface area (Å²) < 4.78 is 5.20. The number of hydrogen-bond acceptors (Lipinski definition) is 5. The highest BCUT2D eigenvalue weighted by Crippen LogP contribution is 2.30. The van der Waals surface area contributed by atoms with Gasteiger partial charge in [-0.3, -0.25) is 4.79 Å². The number of benzene rings is 2. The lowest BCUT2D eigenvalue weighted by Gasteiger charge is -2.15. The quantitative estimate of drug-likeness (QED) is 0.315. The Morgan fingerprint density at radius 3 is 2.60 bits per heavy atom. The van der Waals surface area contributed by atoms with E-state index < -0.39 is 0 Å². The number of nitrogens with one attached hydrogen (secondary N) is 2. The molecular formula is C24H27N3O2S. The Hall–Kier alpha value is -2.96. The molecule has 0 saturated carbocycles. The number of amides is 1. The van der Waals surface area contributed by atoms with Crippen LogP contribution in [0.4, 0.5) is 11.4 Å². The summed E-state index contributed by atoms with van der Waals surface area (Å²) in [5.41, 5.74) is 10.4. The predicted octanol–water partition coefficient (Wildman–Crippen LogP) is 5.48. The van der Waals surface area contributed by atoms with Crippen LogP contribution in [0.15, 0.2) is 60.0 Å². The highest BCUT2D eigenvalue weighted by atomic mass is 32.1. The fourth-order valence-electron chi connectivity index (χ4n) is 3.26. The van der Waals surface area contributed by atoms with Crippen molar-refractivity contribution in [2.45, 2.75) is 19.8 Å². The molecule has 1 amide bonds. The van der Waals surface area contributed by atoms with Gasteiger partial charge < -0.3 is 21.2 Å². The molecule has 4 N–H and O–H groups in total. The summed E-state index contributed by atoms with van der Waals surface area (Å²) in [6.07, 6.45) is 1.43.